The molecule has 0 bridgehead atoms. The van der Waals surface area contributed by atoms with E-state index in [2.05, 4.69) is 10.5 Å². The molecule has 0 atom stereocenters. The summed E-state index contributed by atoms with van der Waals surface area (Å²) in [6, 6.07) is 4.39. The van der Waals surface area contributed by atoms with Gasteiger partial charge in [-0.1, -0.05) is 19.0 Å². The maximum Gasteiger partial charge on any atom is 0.317 e. The molecule has 2 aromatic rings. The van der Waals surface area contributed by atoms with Gasteiger partial charge in [-0.2, -0.15) is 0 Å². The largest absolute Gasteiger partial charge is 0.356 e. The summed E-state index contributed by atoms with van der Waals surface area (Å²) in [5, 5.41) is 6.54. The molecule has 1 fully saturated rings. The molecular weight excluding hydrogens is 370 g/mol. The molecule has 150 valence electrons. The Kier molecular flexibility index (Phi) is 5.91. The van der Waals surface area contributed by atoms with Crippen LogP contribution in [0.3, 0.4) is 0 Å². The van der Waals surface area contributed by atoms with Crippen molar-refractivity contribution in [2.24, 2.45) is 5.92 Å². The minimum Gasteiger partial charge on any atom is -0.356 e. The van der Waals surface area contributed by atoms with Crippen LogP contribution in [0.2, 0.25) is 0 Å². The highest BCUT2D eigenvalue weighted by Gasteiger charge is 2.25. The average molecular weight is 392 g/mol. The molecule has 1 saturated heterocycles. The summed E-state index contributed by atoms with van der Waals surface area (Å²) >= 11 is 0. The molecule has 1 aliphatic heterocycles. The van der Waals surface area contributed by atoms with Gasteiger partial charge in [-0.25, -0.2) is 13.6 Å². The van der Waals surface area contributed by atoms with E-state index in [0.29, 0.717) is 31.9 Å². The van der Waals surface area contributed by atoms with Crippen molar-refractivity contribution in [3.63, 3.8) is 0 Å². The number of halogens is 2. The molecule has 1 N–H and O–H groups in total. The fourth-order valence-corrected chi connectivity index (χ4v) is 2.98. The van der Waals surface area contributed by atoms with Gasteiger partial charge in [0.25, 0.3) is 0 Å². The second-order valence-corrected chi connectivity index (χ2v) is 6.93. The third-order valence-electron chi connectivity index (χ3n) is 4.55. The van der Waals surface area contributed by atoms with Crippen molar-refractivity contribution in [2.45, 2.75) is 20.4 Å². The second-order valence-electron chi connectivity index (χ2n) is 6.93. The smallest absolute Gasteiger partial charge is 0.317 e. The van der Waals surface area contributed by atoms with Crippen LogP contribution in [0.5, 0.6) is 0 Å². The number of carbonyl (C=O) groups excluding carboxylic acids is 2. The Morgan fingerprint density at radius 2 is 1.82 bits per heavy atom. The van der Waals surface area contributed by atoms with E-state index in [1.807, 2.05) is 13.8 Å². The zero-order valence-electron chi connectivity index (χ0n) is 15.7. The fourth-order valence-electron chi connectivity index (χ4n) is 2.98. The van der Waals surface area contributed by atoms with Gasteiger partial charge in [0.15, 0.2) is 5.76 Å². The van der Waals surface area contributed by atoms with Crippen LogP contribution in [0, 0.1) is 17.6 Å². The van der Waals surface area contributed by atoms with Gasteiger partial charge in [-0.15, -0.1) is 0 Å². The average Bonchev–Trinajstić information content (AvgIpc) is 3.14. The Morgan fingerprint density at radius 1 is 1.14 bits per heavy atom. The summed E-state index contributed by atoms with van der Waals surface area (Å²) < 4.78 is 31.9. The number of rotatable bonds is 4. The lowest BCUT2D eigenvalue weighted by Crippen LogP contribution is -2.53. The molecule has 1 aliphatic rings. The van der Waals surface area contributed by atoms with Crippen LogP contribution in [-0.2, 0) is 11.3 Å². The maximum atomic E-state index is 13.8. The predicted molar refractivity (Wildman–Crippen MR) is 97.1 cm³/mol. The van der Waals surface area contributed by atoms with Gasteiger partial charge in [0.1, 0.15) is 17.3 Å². The van der Waals surface area contributed by atoms with Gasteiger partial charge in [0.05, 0.1) is 12.1 Å². The molecule has 1 aromatic heterocycles. The van der Waals surface area contributed by atoms with Crippen molar-refractivity contribution in [1.82, 2.24) is 20.3 Å². The Balaban J connectivity index is 1.52. The lowest BCUT2D eigenvalue weighted by atomic mass is 10.1. The van der Waals surface area contributed by atoms with Crippen molar-refractivity contribution >= 4 is 11.9 Å². The summed E-state index contributed by atoms with van der Waals surface area (Å²) in [4.78, 5) is 27.7. The van der Waals surface area contributed by atoms with Crippen molar-refractivity contribution in [1.29, 1.82) is 0 Å². The number of benzene rings is 1. The Morgan fingerprint density at radius 3 is 2.46 bits per heavy atom. The van der Waals surface area contributed by atoms with E-state index >= 15 is 0 Å². The number of hydrogen-bond donors (Lipinski definition) is 1. The highest BCUT2D eigenvalue weighted by atomic mass is 19.1. The van der Waals surface area contributed by atoms with Crippen LogP contribution in [0.25, 0.3) is 11.3 Å². The molecule has 2 heterocycles. The Hall–Kier alpha value is -2.97. The minimum absolute atomic E-state index is 0.0623. The molecule has 9 heteroatoms. The molecule has 7 nitrogen and oxygen atoms in total. The third-order valence-corrected chi connectivity index (χ3v) is 4.55. The molecular formula is C19H22F2N4O3. The first-order chi connectivity index (χ1) is 13.3. The standard InChI is InChI=1S/C19H22F2N4O3/c1-12(2)18(26)24-5-7-25(8-6-24)19(27)22-11-14-10-17(28-23-14)15-4-3-13(20)9-16(15)21/h3-4,9-10,12H,5-8,11H2,1-2H3,(H,22,27). The van der Waals surface area contributed by atoms with E-state index in [-0.39, 0.29) is 35.7 Å². The topological polar surface area (TPSA) is 78.7 Å². The van der Waals surface area contributed by atoms with Crippen molar-refractivity contribution in [3.05, 3.63) is 41.6 Å². The number of urea groups is 1. The summed E-state index contributed by atoms with van der Waals surface area (Å²) in [6.07, 6.45) is 0. The first kappa shape index (κ1) is 19.8. The first-order valence-electron chi connectivity index (χ1n) is 9.07. The molecule has 0 spiro atoms. The molecule has 0 aliphatic carbocycles. The van der Waals surface area contributed by atoms with Crippen LogP contribution in [0.4, 0.5) is 13.6 Å². The number of nitrogens with zero attached hydrogens (tertiary/aromatic N) is 3. The van der Waals surface area contributed by atoms with E-state index in [9.17, 15) is 18.4 Å². The molecule has 3 rings (SSSR count). The maximum absolute atomic E-state index is 13.8. The predicted octanol–water partition coefficient (Wildman–Crippen LogP) is 2.63. The molecule has 3 amide bonds. The number of aromatic nitrogens is 1. The molecule has 0 unspecified atom stereocenters. The van der Waals surface area contributed by atoms with Gasteiger partial charge in [0, 0.05) is 44.2 Å². The lowest BCUT2D eigenvalue weighted by Gasteiger charge is -2.35. The quantitative estimate of drug-likeness (QED) is 0.868. The van der Waals surface area contributed by atoms with Crippen molar-refractivity contribution in [3.8, 4) is 11.3 Å². The van der Waals surface area contributed by atoms with E-state index in [0.717, 1.165) is 12.1 Å². The summed E-state index contributed by atoms with van der Waals surface area (Å²) in [7, 11) is 0. The van der Waals surface area contributed by atoms with Gasteiger partial charge in [0.2, 0.25) is 5.91 Å². The van der Waals surface area contributed by atoms with E-state index < -0.39 is 11.6 Å². The van der Waals surface area contributed by atoms with Crippen molar-refractivity contribution < 1.29 is 22.9 Å². The highest BCUT2D eigenvalue weighted by Crippen LogP contribution is 2.24. The van der Waals surface area contributed by atoms with Gasteiger partial charge in [-0.05, 0) is 12.1 Å². The molecule has 28 heavy (non-hydrogen) atoms. The van der Waals surface area contributed by atoms with Crippen LogP contribution in [0.1, 0.15) is 19.5 Å². The van der Waals surface area contributed by atoms with Crippen LogP contribution in [-0.4, -0.2) is 53.1 Å². The highest BCUT2D eigenvalue weighted by molar-refractivity contribution is 5.79. The lowest BCUT2D eigenvalue weighted by molar-refractivity contribution is -0.135. The van der Waals surface area contributed by atoms with Crippen LogP contribution < -0.4 is 5.32 Å². The van der Waals surface area contributed by atoms with E-state index in [4.69, 9.17) is 4.52 Å². The van der Waals surface area contributed by atoms with E-state index in [1.54, 1.807) is 9.80 Å². The monoisotopic (exact) mass is 392 g/mol. The number of piperazine rings is 1. The minimum atomic E-state index is -0.749. The molecule has 0 radical (unpaired) electrons. The summed E-state index contributed by atoms with van der Waals surface area (Å²) in [6.45, 7) is 5.72. The first-order valence-corrected chi connectivity index (χ1v) is 9.07. The number of carbonyl (C=O) groups is 2. The van der Waals surface area contributed by atoms with E-state index in [1.165, 1.54) is 12.1 Å². The summed E-state index contributed by atoms with van der Waals surface area (Å²) in [5.74, 6) is -1.25. The number of nitrogens with one attached hydrogen (secondary N) is 1. The fraction of sp³-hybridized carbons (Fsp3) is 0.421. The Bertz CT molecular complexity index is 861. The number of amides is 3. The SMILES string of the molecule is CC(C)C(=O)N1CCN(C(=O)NCc2cc(-c3ccc(F)cc3F)on2)CC1. The van der Waals surface area contributed by atoms with Crippen LogP contribution in [0.15, 0.2) is 28.8 Å². The zero-order chi connectivity index (χ0) is 20.3. The number of hydrogen-bond acceptors (Lipinski definition) is 4. The molecule has 0 saturated carbocycles. The second kappa shape index (κ2) is 8.37. The van der Waals surface area contributed by atoms with Crippen LogP contribution >= 0.6 is 0 Å². The Labute approximate surface area is 161 Å². The summed E-state index contributed by atoms with van der Waals surface area (Å²) in [5.41, 5.74) is 0.512. The van der Waals surface area contributed by atoms with Gasteiger partial charge >= 0.3 is 6.03 Å². The third kappa shape index (κ3) is 4.47. The van der Waals surface area contributed by atoms with Gasteiger partial charge < -0.3 is 19.6 Å². The zero-order valence-corrected chi connectivity index (χ0v) is 15.7. The van der Waals surface area contributed by atoms with Crippen molar-refractivity contribution in [2.75, 3.05) is 26.2 Å². The molecule has 1 aromatic carbocycles. The normalized spacial score (nSPS) is 14.5. The van der Waals surface area contributed by atoms with Gasteiger partial charge in [-0.3, -0.25) is 4.79 Å².